The highest BCUT2D eigenvalue weighted by molar-refractivity contribution is 4.86. The third kappa shape index (κ3) is 1.87. The predicted octanol–water partition coefficient (Wildman–Crippen LogP) is 1.30. The maximum atomic E-state index is 9.68. The molecule has 1 saturated carbocycles. The quantitative estimate of drug-likeness (QED) is 0.671. The highest BCUT2D eigenvalue weighted by atomic mass is 16.7. The van der Waals surface area contributed by atoms with Crippen LogP contribution >= 0.6 is 0 Å². The van der Waals surface area contributed by atoms with Crippen LogP contribution in [0, 0.1) is 5.92 Å². The summed E-state index contributed by atoms with van der Waals surface area (Å²) >= 11 is 0. The van der Waals surface area contributed by atoms with Crippen molar-refractivity contribution in [1.82, 2.24) is 0 Å². The Balaban J connectivity index is 1.95. The van der Waals surface area contributed by atoms with Gasteiger partial charge in [-0.1, -0.05) is 6.42 Å². The van der Waals surface area contributed by atoms with Gasteiger partial charge < -0.3 is 14.6 Å². The molecule has 1 aliphatic heterocycles. The molecule has 0 radical (unpaired) electrons. The van der Waals surface area contributed by atoms with E-state index in [4.69, 9.17) is 9.47 Å². The topological polar surface area (TPSA) is 38.7 Å². The lowest BCUT2D eigenvalue weighted by Gasteiger charge is -2.22. The van der Waals surface area contributed by atoms with Crippen LogP contribution < -0.4 is 0 Å². The van der Waals surface area contributed by atoms with Crippen LogP contribution in [0.25, 0.3) is 0 Å². The Hall–Kier alpha value is -0.120. The van der Waals surface area contributed by atoms with E-state index >= 15 is 0 Å². The monoisotopic (exact) mass is 186 g/mol. The first-order valence-electron chi connectivity index (χ1n) is 5.08. The Morgan fingerprint density at radius 3 is 2.54 bits per heavy atom. The van der Waals surface area contributed by atoms with Gasteiger partial charge in [0.2, 0.25) is 0 Å². The lowest BCUT2D eigenvalue weighted by Crippen LogP contribution is -2.31. The van der Waals surface area contributed by atoms with Crippen molar-refractivity contribution in [1.29, 1.82) is 0 Å². The normalized spacial score (nSPS) is 44.1. The Morgan fingerprint density at radius 2 is 2.08 bits per heavy atom. The molecule has 13 heavy (non-hydrogen) atoms. The molecule has 3 atom stereocenters. The molecule has 0 amide bonds. The van der Waals surface area contributed by atoms with Gasteiger partial charge in [-0.15, -0.1) is 0 Å². The van der Waals surface area contributed by atoms with Crippen molar-refractivity contribution in [3.05, 3.63) is 0 Å². The molecule has 1 saturated heterocycles. The first-order valence-corrected chi connectivity index (χ1v) is 5.08. The summed E-state index contributed by atoms with van der Waals surface area (Å²) in [5.74, 6) is -0.158. The summed E-state index contributed by atoms with van der Waals surface area (Å²) in [6.45, 7) is 4.48. The summed E-state index contributed by atoms with van der Waals surface area (Å²) in [6, 6.07) is 0. The summed E-state index contributed by atoms with van der Waals surface area (Å²) < 4.78 is 11.2. The average Bonchev–Trinajstić information content (AvgIpc) is 2.56. The van der Waals surface area contributed by atoms with Gasteiger partial charge in [-0.25, -0.2) is 0 Å². The molecule has 0 aromatic rings. The van der Waals surface area contributed by atoms with Crippen LogP contribution in [-0.4, -0.2) is 29.7 Å². The fourth-order valence-electron chi connectivity index (χ4n) is 2.33. The van der Waals surface area contributed by atoms with Gasteiger partial charge in [0.05, 0.1) is 18.8 Å². The highest BCUT2D eigenvalue weighted by Gasteiger charge is 2.41. The van der Waals surface area contributed by atoms with E-state index in [0.717, 1.165) is 19.3 Å². The molecule has 0 bridgehead atoms. The number of hydrogen-bond donors (Lipinski definition) is 1. The highest BCUT2D eigenvalue weighted by Crippen LogP contribution is 2.35. The maximum Gasteiger partial charge on any atom is 0.163 e. The molecule has 0 aromatic heterocycles. The molecule has 3 nitrogen and oxygen atoms in total. The van der Waals surface area contributed by atoms with Crippen molar-refractivity contribution in [2.75, 3.05) is 6.61 Å². The van der Waals surface area contributed by atoms with Crippen LogP contribution in [0.5, 0.6) is 0 Å². The summed E-state index contributed by atoms with van der Waals surface area (Å²) in [6.07, 6.45) is 3.04. The Kier molecular flexibility index (Phi) is 2.34. The Labute approximate surface area is 79.0 Å². The van der Waals surface area contributed by atoms with Crippen LogP contribution in [-0.2, 0) is 9.47 Å². The molecule has 1 heterocycles. The molecule has 2 rings (SSSR count). The first kappa shape index (κ1) is 9.44. The van der Waals surface area contributed by atoms with E-state index in [1.165, 1.54) is 0 Å². The summed E-state index contributed by atoms with van der Waals surface area (Å²) in [5.41, 5.74) is 0. The molecule has 1 N–H and O–H groups in total. The Bertz CT molecular complexity index is 191. The van der Waals surface area contributed by atoms with Crippen molar-refractivity contribution in [2.45, 2.75) is 51.1 Å². The lowest BCUT2D eigenvalue weighted by atomic mass is 9.99. The van der Waals surface area contributed by atoms with Crippen molar-refractivity contribution in [3.63, 3.8) is 0 Å². The number of aliphatic hydroxyl groups is 1. The third-order valence-corrected chi connectivity index (χ3v) is 3.04. The maximum absolute atomic E-state index is 9.68. The number of aliphatic hydroxyl groups excluding tert-OH is 1. The summed E-state index contributed by atoms with van der Waals surface area (Å²) in [5, 5.41) is 9.68. The van der Waals surface area contributed by atoms with Crippen molar-refractivity contribution in [2.24, 2.45) is 5.92 Å². The van der Waals surface area contributed by atoms with Crippen molar-refractivity contribution in [3.8, 4) is 0 Å². The van der Waals surface area contributed by atoms with E-state index < -0.39 is 5.79 Å². The second-order valence-electron chi connectivity index (χ2n) is 4.53. The molecule has 0 spiro atoms. The van der Waals surface area contributed by atoms with Gasteiger partial charge in [-0.3, -0.25) is 0 Å². The minimum absolute atomic E-state index is 0.104. The molecular weight excluding hydrogens is 168 g/mol. The molecule has 2 aliphatic rings. The Morgan fingerprint density at radius 1 is 1.31 bits per heavy atom. The van der Waals surface area contributed by atoms with Crippen LogP contribution in [0.3, 0.4) is 0 Å². The van der Waals surface area contributed by atoms with E-state index in [2.05, 4.69) is 0 Å². The average molecular weight is 186 g/mol. The first-order chi connectivity index (χ1) is 6.08. The molecule has 3 heteroatoms. The van der Waals surface area contributed by atoms with Gasteiger partial charge in [-0.2, -0.15) is 0 Å². The second kappa shape index (κ2) is 3.23. The van der Waals surface area contributed by atoms with Gasteiger partial charge in [0.25, 0.3) is 0 Å². The van der Waals surface area contributed by atoms with Crippen LogP contribution in [0.1, 0.15) is 33.1 Å². The molecule has 3 unspecified atom stereocenters. The summed E-state index contributed by atoms with van der Waals surface area (Å²) in [4.78, 5) is 0. The molecule has 1 aliphatic carbocycles. The van der Waals surface area contributed by atoms with Gasteiger partial charge >= 0.3 is 0 Å². The zero-order valence-corrected chi connectivity index (χ0v) is 8.32. The van der Waals surface area contributed by atoms with Gasteiger partial charge in [0.15, 0.2) is 5.79 Å². The van der Waals surface area contributed by atoms with Crippen LogP contribution in [0.4, 0.5) is 0 Å². The fraction of sp³-hybridized carbons (Fsp3) is 1.00. The summed E-state index contributed by atoms with van der Waals surface area (Å²) in [7, 11) is 0. The number of ether oxygens (including phenoxy) is 2. The standard InChI is InChI=1S/C10H18O3/c1-10(2)12-6-9(13-10)7-4-3-5-8(7)11/h7-9,11H,3-6H2,1-2H3. The molecule has 2 fully saturated rings. The van der Waals surface area contributed by atoms with Gasteiger partial charge in [-0.05, 0) is 26.7 Å². The van der Waals surface area contributed by atoms with E-state index in [-0.39, 0.29) is 12.2 Å². The lowest BCUT2D eigenvalue weighted by molar-refractivity contribution is -0.148. The third-order valence-electron chi connectivity index (χ3n) is 3.04. The SMILES string of the molecule is CC1(C)OCC(C2CCCC2O)O1. The smallest absolute Gasteiger partial charge is 0.163 e. The van der Waals surface area contributed by atoms with E-state index in [1.807, 2.05) is 13.8 Å². The minimum atomic E-state index is -0.451. The number of rotatable bonds is 1. The zero-order valence-electron chi connectivity index (χ0n) is 8.32. The molecule has 76 valence electrons. The molecule has 0 aromatic carbocycles. The van der Waals surface area contributed by atoms with E-state index in [1.54, 1.807) is 0 Å². The number of hydrogen-bond acceptors (Lipinski definition) is 3. The van der Waals surface area contributed by atoms with Crippen LogP contribution in [0.15, 0.2) is 0 Å². The van der Waals surface area contributed by atoms with E-state index in [9.17, 15) is 5.11 Å². The van der Waals surface area contributed by atoms with Crippen molar-refractivity contribution < 1.29 is 14.6 Å². The minimum Gasteiger partial charge on any atom is -0.393 e. The fourth-order valence-corrected chi connectivity index (χ4v) is 2.33. The molecular formula is C10H18O3. The largest absolute Gasteiger partial charge is 0.393 e. The predicted molar refractivity (Wildman–Crippen MR) is 48.3 cm³/mol. The van der Waals surface area contributed by atoms with Crippen LogP contribution in [0.2, 0.25) is 0 Å². The van der Waals surface area contributed by atoms with Gasteiger partial charge in [0, 0.05) is 5.92 Å². The van der Waals surface area contributed by atoms with E-state index in [0.29, 0.717) is 12.5 Å². The second-order valence-corrected chi connectivity index (χ2v) is 4.53. The van der Waals surface area contributed by atoms with Gasteiger partial charge in [0.1, 0.15) is 0 Å². The van der Waals surface area contributed by atoms with Crippen molar-refractivity contribution >= 4 is 0 Å². The zero-order chi connectivity index (χ0) is 9.47.